The van der Waals surface area contributed by atoms with Crippen LogP contribution in [0.3, 0.4) is 0 Å². The van der Waals surface area contributed by atoms with Crippen molar-refractivity contribution in [2.24, 2.45) is 17.3 Å². The maximum absolute atomic E-state index is 14.9. The first-order valence-electron chi connectivity index (χ1n) is 21.8. The Morgan fingerprint density at radius 2 is 1.92 bits per heavy atom. The second kappa shape index (κ2) is 16.6. The van der Waals surface area contributed by atoms with Gasteiger partial charge in [-0.3, -0.25) is 4.98 Å². The molecule has 0 spiro atoms. The van der Waals surface area contributed by atoms with Crippen molar-refractivity contribution >= 4 is 51.8 Å². The molecular formula is C47H53IN7O5S2-. The monoisotopic (exact) mass is 986 g/mol. The molecule has 12 nitrogen and oxygen atoms in total. The Hall–Kier alpha value is -3.90. The van der Waals surface area contributed by atoms with Crippen LogP contribution in [0, 0.1) is 17.3 Å². The van der Waals surface area contributed by atoms with Crippen LogP contribution < -0.4 is 31.9 Å². The van der Waals surface area contributed by atoms with Crippen LogP contribution in [-0.4, -0.2) is 88.1 Å². The molecule has 10 rings (SSSR count). The third kappa shape index (κ3) is 7.66. The van der Waals surface area contributed by atoms with E-state index in [9.17, 15) is 14.4 Å². The van der Waals surface area contributed by atoms with E-state index in [1.807, 2.05) is 36.3 Å². The molecule has 4 aliphatic heterocycles. The number of methoxy groups -OCH3 is 1. The molecule has 0 radical (unpaired) electrons. The molecular weight excluding hydrogens is 934 g/mol. The zero-order chi connectivity index (χ0) is 42.8. The molecule has 4 atom stereocenters. The number of hydrogen-bond donors (Lipinski definition) is 2. The Labute approximate surface area is 381 Å². The Bertz CT molecular complexity index is 2560. The van der Waals surface area contributed by atoms with Gasteiger partial charge in [-0.05, 0) is 19.1 Å². The molecule has 62 heavy (non-hydrogen) atoms. The van der Waals surface area contributed by atoms with Crippen molar-refractivity contribution in [1.29, 1.82) is 0 Å². The number of hydrazine groups is 1. The number of cyclic esters (lactones) is 1. The second-order valence-corrected chi connectivity index (χ2v) is 23.6. The molecule has 0 saturated carbocycles. The van der Waals surface area contributed by atoms with Crippen LogP contribution in [0.5, 0.6) is 0 Å². The van der Waals surface area contributed by atoms with Crippen LogP contribution in [0.15, 0.2) is 60.2 Å². The molecule has 5 aliphatic rings. The van der Waals surface area contributed by atoms with Crippen molar-refractivity contribution < 1.29 is 45.1 Å². The van der Waals surface area contributed by atoms with Gasteiger partial charge in [-0.2, -0.15) is 11.8 Å². The van der Waals surface area contributed by atoms with Crippen LogP contribution in [0.25, 0.3) is 33.4 Å². The number of aryl methyl sites for hydroxylation is 2. The van der Waals surface area contributed by atoms with Gasteiger partial charge in [-0.25, -0.2) is 0 Å². The number of carbonyl (C=O) groups excluding carboxylic acids is 3. The van der Waals surface area contributed by atoms with Crippen LogP contribution in [-0.2, 0) is 61.7 Å². The fourth-order valence-electron chi connectivity index (χ4n) is 9.86. The Balaban J connectivity index is 1.05. The molecule has 6 bridgehead atoms. The number of amides is 2. The number of fused-ring (bicyclic) bond motifs is 7. The van der Waals surface area contributed by atoms with Crippen LogP contribution in [0.2, 0.25) is 0 Å². The number of hydrogen-bond acceptors (Lipinski definition) is 11. The number of rotatable bonds is 7. The van der Waals surface area contributed by atoms with E-state index in [2.05, 4.69) is 76.8 Å². The van der Waals surface area contributed by atoms with Gasteiger partial charge in [0.1, 0.15) is 5.60 Å². The standard InChI is InChI=1S/C47H53IN7O5S2/c1-5-54-38-15-13-29-20-32(38)33(40(54)31-10-7-17-50-41(31)46(59-4)26-61-27-46)22-45(2,3)25-60-44(58)36-11-8-18-55(53-36)43(57)34(21-39-51-37(29)23-62-39)47(24-48-47)52-42(56)30-12-14-35-28(19-30)9-6-16-49-35/h6-7,9-10,13,15-17,20,23,30,34,36,53H,5,8,11-12,14,18-19,21-22,24-27H2,1-4H3,(H,52,56)/q-1/t30?,34?,36-,47?/m0/s1. The summed E-state index contributed by atoms with van der Waals surface area (Å²) in [7, 11) is 1.79. The maximum atomic E-state index is 14.9. The Kier molecular flexibility index (Phi) is 11.3. The number of alkyl halides is 2. The first-order valence-corrected chi connectivity index (χ1v) is 26.4. The summed E-state index contributed by atoms with van der Waals surface area (Å²) in [6.07, 6.45) is 8.10. The SMILES string of the molecule is CCn1c(-c2cccnc2C2(OC)CSC2)c2c3cc(ccc31)-c1csc(n1)CC(C1(NC(=O)C3CCc4ncccc4C3)C[I-]1)C(=O)N1CCC[C@H](N1)C(=O)OCC(C)(C)C2. The van der Waals surface area contributed by atoms with Crippen LogP contribution in [0.4, 0.5) is 0 Å². The average molecular weight is 987 g/mol. The van der Waals surface area contributed by atoms with Crippen molar-refractivity contribution in [2.75, 3.05) is 36.2 Å². The molecule has 3 fully saturated rings. The third-order valence-corrected chi connectivity index (χ3v) is 19.1. The molecule has 3 saturated heterocycles. The zero-order valence-corrected chi connectivity index (χ0v) is 39.5. The summed E-state index contributed by atoms with van der Waals surface area (Å²) < 4.78 is 15.0. The fourth-order valence-corrected chi connectivity index (χ4v) is 14.4. The number of pyridine rings is 2. The minimum atomic E-state index is -0.659. The predicted octanol–water partition coefficient (Wildman–Crippen LogP) is 3.33. The van der Waals surface area contributed by atoms with E-state index in [1.165, 1.54) is 5.56 Å². The molecule has 5 aromatic rings. The Morgan fingerprint density at radius 1 is 1.10 bits per heavy atom. The molecule has 8 heterocycles. The minimum absolute atomic E-state index is 0.0179. The van der Waals surface area contributed by atoms with E-state index in [0.29, 0.717) is 38.6 Å². The van der Waals surface area contributed by atoms with Gasteiger partial charge in [0, 0.05) is 24.8 Å². The van der Waals surface area contributed by atoms with Crippen molar-refractivity contribution in [2.45, 2.75) is 87.5 Å². The van der Waals surface area contributed by atoms with E-state index < -0.39 is 47.7 Å². The summed E-state index contributed by atoms with van der Waals surface area (Å²) in [5.41, 5.74) is 11.9. The number of ether oxygens (including phenoxy) is 2. The van der Waals surface area contributed by atoms with Gasteiger partial charge < -0.3 is 4.74 Å². The molecule has 1 aliphatic carbocycles. The molecule has 2 N–H and O–H groups in total. The first kappa shape index (κ1) is 42.1. The number of nitrogens with zero attached hydrogens (tertiary/aromatic N) is 5. The second-order valence-electron chi connectivity index (χ2n) is 18.2. The zero-order valence-electron chi connectivity index (χ0n) is 35.7. The summed E-state index contributed by atoms with van der Waals surface area (Å²) in [5, 5.41) is 9.20. The van der Waals surface area contributed by atoms with Gasteiger partial charge in [0.25, 0.3) is 0 Å². The molecule has 4 aromatic heterocycles. The molecule has 326 valence electrons. The average Bonchev–Trinajstić information content (AvgIpc) is 3.78. The summed E-state index contributed by atoms with van der Waals surface area (Å²) in [5.74, 6) is 0.555. The number of thioether (sulfide) groups is 1. The van der Waals surface area contributed by atoms with Gasteiger partial charge in [-0.1, -0.05) is 0 Å². The van der Waals surface area contributed by atoms with Crippen LogP contribution >= 0.6 is 23.1 Å². The molecule has 15 heteroatoms. The van der Waals surface area contributed by atoms with E-state index in [-0.39, 0.29) is 30.3 Å². The quantitative estimate of drug-likeness (QED) is 0.108. The van der Waals surface area contributed by atoms with Crippen molar-refractivity contribution in [3.05, 3.63) is 87.8 Å². The van der Waals surface area contributed by atoms with Crippen molar-refractivity contribution in [1.82, 2.24) is 35.3 Å². The third-order valence-electron chi connectivity index (χ3n) is 13.4. The van der Waals surface area contributed by atoms with E-state index in [4.69, 9.17) is 19.4 Å². The molecule has 3 unspecified atom stereocenters. The summed E-state index contributed by atoms with van der Waals surface area (Å²) in [6, 6.07) is 14.2. The van der Waals surface area contributed by atoms with Crippen molar-refractivity contribution in [3.8, 4) is 22.5 Å². The van der Waals surface area contributed by atoms with Gasteiger partial charge in [0.2, 0.25) is 0 Å². The van der Waals surface area contributed by atoms with Crippen LogP contribution in [0.1, 0.15) is 67.6 Å². The van der Waals surface area contributed by atoms with Crippen molar-refractivity contribution in [3.63, 3.8) is 0 Å². The van der Waals surface area contributed by atoms with E-state index in [0.717, 1.165) is 90.7 Å². The van der Waals surface area contributed by atoms with Gasteiger partial charge in [0.15, 0.2) is 0 Å². The number of carbonyl (C=O) groups is 3. The Morgan fingerprint density at radius 3 is 2.69 bits per heavy atom. The summed E-state index contributed by atoms with van der Waals surface area (Å²) >= 11 is 2.94. The number of aromatic nitrogens is 4. The fraction of sp³-hybridized carbons (Fsp3) is 0.489. The number of thiazole rings is 1. The molecule has 1 aromatic carbocycles. The number of benzene rings is 1. The van der Waals surface area contributed by atoms with Gasteiger partial charge in [0.05, 0.1) is 5.69 Å². The normalized spacial score (nSPS) is 25.7. The van der Waals surface area contributed by atoms with E-state index in [1.54, 1.807) is 23.5 Å². The number of nitrogens with one attached hydrogen (secondary N) is 2. The molecule has 2 amide bonds. The number of esters is 1. The first-order chi connectivity index (χ1) is 30.0. The predicted molar refractivity (Wildman–Crippen MR) is 237 cm³/mol. The topological polar surface area (TPSA) is 141 Å². The summed E-state index contributed by atoms with van der Waals surface area (Å²) in [6.45, 7) is 7.92. The number of halogens is 1. The summed E-state index contributed by atoms with van der Waals surface area (Å²) in [4.78, 5) is 57.7. The van der Waals surface area contributed by atoms with Gasteiger partial charge >= 0.3 is 307 Å². The van der Waals surface area contributed by atoms with E-state index >= 15 is 0 Å². The van der Waals surface area contributed by atoms with Gasteiger partial charge in [-0.15, -0.1) is 0 Å².